The molecule has 0 aliphatic heterocycles. The van der Waals surface area contributed by atoms with Gasteiger partial charge in [0.2, 0.25) is 0 Å². The van der Waals surface area contributed by atoms with Crippen LogP contribution in [0.5, 0.6) is 5.75 Å². The quantitative estimate of drug-likeness (QED) is 0.935. The SMILES string of the molecule is O=C(O)c1ccnc2c1CC(COc1ccc(F)cc1Cl)=C2. The van der Waals surface area contributed by atoms with Crippen LogP contribution in [-0.4, -0.2) is 22.7 Å². The van der Waals surface area contributed by atoms with Crippen LogP contribution in [0.1, 0.15) is 21.6 Å². The van der Waals surface area contributed by atoms with E-state index in [1.54, 1.807) is 6.08 Å². The van der Waals surface area contributed by atoms with Crippen LogP contribution in [0.3, 0.4) is 0 Å². The van der Waals surface area contributed by atoms with Crippen LogP contribution >= 0.6 is 11.6 Å². The number of hydrogen-bond donors (Lipinski definition) is 1. The van der Waals surface area contributed by atoms with Gasteiger partial charge in [0, 0.05) is 12.6 Å². The number of hydrogen-bond acceptors (Lipinski definition) is 3. The summed E-state index contributed by atoms with van der Waals surface area (Å²) in [7, 11) is 0. The molecule has 0 radical (unpaired) electrons. The number of aromatic carboxylic acids is 1. The summed E-state index contributed by atoms with van der Waals surface area (Å²) in [4.78, 5) is 15.4. The number of pyridine rings is 1. The highest BCUT2D eigenvalue weighted by Crippen LogP contribution is 2.29. The van der Waals surface area contributed by atoms with Crippen molar-refractivity contribution in [3.8, 4) is 5.75 Å². The predicted octanol–water partition coefficient (Wildman–Crippen LogP) is 3.59. The number of nitrogens with zero attached hydrogens (tertiary/aromatic N) is 1. The minimum absolute atomic E-state index is 0.195. The summed E-state index contributed by atoms with van der Waals surface area (Å²) in [6, 6.07) is 5.39. The summed E-state index contributed by atoms with van der Waals surface area (Å²) in [6.07, 6.45) is 3.74. The van der Waals surface area contributed by atoms with Crippen molar-refractivity contribution < 1.29 is 19.0 Å². The van der Waals surface area contributed by atoms with E-state index in [4.69, 9.17) is 16.3 Å². The molecule has 1 N–H and O–H groups in total. The number of fused-ring (bicyclic) bond motifs is 1. The molecule has 1 aliphatic rings. The fourth-order valence-corrected chi connectivity index (χ4v) is 2.57. The molecule has 0 spiro atoms. The van der Waals surface area contributed by atoms with Gasteiger partial charge in [-0.2, -0.15) is 0 Å². The lowest BCUT2D eigenvalue weighted by molar-refractivity contribution is 0.0695. The van der Waals surface area contributed by atoms with Gasteiger partial charge in [-0.3, -0.25) is 4.98 Å². The van der Waals surface area contributed by atoms with Crippen LogP contribution in [0.25, 0.3) is 6.08 Å². The molecular weight excluding hydrogens is 309 g/mol. The van der Waals surface area contributed by atoms with Gasteiger partial charge in [-0.1, -0.05) is 11.6 Å². The van der Waals surface area contributed by atoms with E-state index in [-0.39, 0.29) is 17.2 Å². The second-order valence-corrected chi connectivity index (χ2v) is 5.28. The van der Waals surface area contributed by atoms with Gasteiger partial charge < -0.3 is 9.84 Å². The second-order valence-electron chi connectivity index (χ2n) is 4.87. The van der Waals surface area contributed by atoms with Gasteiger partial charge >= 0.3 is 5.97 Å². The average molecular weight is 320 g/mol. The van der Waals surface area contributed by atoms with Gasteiger partial charge in [0.1, 0.15) is 18.2 Å². The molecule has 1 aromatic heterocycles. The molecular formula is C16H11ClFNO3. The molecule has 22 heavy (non-hydrogen) atoms. The first-order valence-electron chi connectivity index (χ1n) is 6.53. The molecule has 1 aromatic carbocycles. The van der Waals surface area contributed by atoms with E-state index in [2.05, 4.69) is 4.98 Å². The fourth-order valence-electron chi connectivity index (χ4n) is 2.35. The van der Waals surface area contributed by atoms with Crippen LogP contribution in [0.2, 0.25) is 5.02 Å². The van der Waals surface area contributed by atoms with Gasteiger partial charge in [-0.05, 0) is 41.5 Å². The molecule has 1 aliphatic carbocycles. The highest BCUT2D eigenvalue weighted by molar-refractivity contribution is 6.32. The first kappa shape index (κ1) is 14.5. The largest absolute Gasteiger partial charge is 0.488 e. The van der Waals surface area contributed by atoms with E-state index in [9.17, 15) is 14.3 Å². The molecule has 0 amide bonds. The van der Waals surface area contributed by atoms with Crippen LogP contribution in [-0.2, 0) is 6.42 Å². The fraction of sp³-hybridized carbons (Fsp3) is 0.125. The zero-order valence-electron chi connectivity index (χ0n) is 11.3. The topological polar surface area (TPSA) is 59.4 Å². The number of rotatable bonds is 4. The van der Waals surface area contributed by atoms with Gasteiger partial charge in [0.15, 0.2) is 0 Å². The van der Waals surface area contributed by atoms with E-state index in [0.717, 1.165) is 5.57 Å². The standard InChI is InChI=1S/C16H11ClFNO3/c17-13-7-10(18)1-2-15(13)22-8-9-5-12-11(16(20)21)3-4-19-14(12)6-9/h1-4,6-7H,5,8H2,(H,20,21). The Bertz CT molecular complexity index is 789. The third-order valence-corrected chi connectivity index (χ3v) is 3.67. The van der Waals surface area contributed by atoms with E-state index >= 15 is 0 Å². The zero-order valence-corrected chi connectivity index (χ0v) is 12.1. The van der Waals surface area contributed by atoms with E-state index in [1.165, 1.54) is 30.5 Å². The number of carbonyl (C=O) groups is 1. The Labute approximate surface area is 130 Å². The zero-order chi connectivity index (χ0) is 15.7. The Balaban J connectivity index is 1.74. The maximum Gasteiger partial charge on any atom is 0.336 e. The molecule has 112 valence electrons. The van der Waals surface area contributed by atoms with Crippen LogP contribution in [0, 0.1) is 5.82 Å². The third-order valence-electron chi connectivity index (χ3n) is 3.37. The van der Waals surface area contributed by atoms with Crippen molar-refractivity contribution in [3.05, 3.63) is 63.7 Å². The van der Waals surface area contributed by atoms with Gasteiger partial charge in [-0.15, -0.1) is 0 Å². The molecule has 0 saturated carbocycles. The minimum atomic E-state index is -0.976. The van der Waals surface area contributed by atoms with Crippen LogP contribution in [0.4, 0.5) is 4.39 Å². The van der Waals surface area contributed by atoms with Gasteiger partial charge in [0.25, 0.3) is 0 Å². The van der Waals surface area contributed by atoms with Gasteiger partial charge in [-0.25, -0.2) is 9.18 Å². The number of carboxylic acids is 1. The average Bonchev–Trinajstić information content (AvgIpc) is 2.88. The molecule has 1 heterocycles. The summed E-state index contributed by atoms with van der Waals surface area (Å²) in [5.74, 6) is -1.03. The summed E-state index contributed by atoms with van der Waals surface area (Å²) in [5, 5.41) is 9.37. The maximum atomic E-state index is 13.0. The molecule has 4 nitrogen and oxygen atoms in total. The number of benzene rings is 1. The van der Waals surface area contributed by atoms with E-state index < -0.39 is 11.8 Å². The predicted molar refractivity (Wildman–Crippen MR) is 79.8 cm³/mol. The molecule has 0 fully saturated rings. The van der Waals surface area contributed by atoms with Crippen LogP contribution < -0.4 is 4.74 Å². The first-order valence-corrected chi connectivity index (χ1v) is 6.91. The molecule has 0 bridgehead atoms. The van der Waals surface area contributed by atoms with Crippen molar-refractivity contribution in [1.82, 2.24) is 4.98 Å². The minimum Gasteiger partial charge on any atom is -0.488 e. The summed E-state index contributed by atoms with van der Waals surface area (Å²) in [5.41, 5.74) is 2.45. The summed E-state index contributed by atoms with van der Waals surface area (Å²) < 4.78 is 18.5. The van der Waals surface area contributed by atoms with E-state index in [1.807, 2.05) is 0 Å². The molecule has 2 aromatic rings. The lowest BCUT2D eigenvalue weighted by Gasteiger charge is -2.09. The lowest BCUT2D eigenvalue weighted by atomic mass is 10.1. The lowest BCUT2D eigenvalue weighted by Crippen LogP contribution is -2.05. The third kappa shape index (κ3) is 2.80. The molecule has 6 heteroatoms. The smallest absolute Gasteiger partial charge is 0.336 e. The molecule has 3 rings (SSSR count). The van der Waals surface area contributed by atoms with Gasteiger partial charge in [0.05, 0.1) is 16.3 Å². The normalized spacial score (nSPS) is 12.7. The van der Waals surface area contributed by atoms with Crippen molar-refractivity contribution in [2.45, 2.75) is 6.42 Å². The number of carboxylic acid groups (broad SMARTS) is 1. The Morgan fingerprint density at radius 2 is 2.23 bits per heavy atom. The van der Waals surface area contributed by atoms with Crippen LogP contribution in [0.15, 0.2) is 36.0 Å². The second kappa shape index (κ2) is 5.77. The maximum absolute atomic E-state index is 13.0. The van der Waals surface area contributed by atoms with Crippen molar-refractivity contribution in [2.24, 2.45) is 0 Å². The highest BCUT2D eigenvalue weighted by Gasteiger charge is 2.21. The Morgan fingerprint density at radius 3 is 2.95 bits per heavy atom. The monoisotopic (exact) mass is 319 g/mol. The summed E-state index contributed by atoms with van der Waals surface area (Å²) >= 11 is 5.90. The highest BCUT2D eigenvalue weighted by atomic mass is 35.5. The van der Waals surface area contributed by atoms with E-state index in [0.29, 0.717) is 23.4 Å². The molecule has 0 unspecified atom stereocenters. The number of aromatic nitrogens is 1. The Kier molecular flexibility index (Phi) is 3.81. The Hall–Kier alpha value is -2.40. The first-order chi connectivity index (χ1) is 10.5. The molecule has 0 atom stereocenters. The molecule has 0 saturated heterocycles. The van der Waals surface area contributed by atoms with Crippen molar-refractivity contribution in [1.29, 1.82) is 0 Å². The Morgan fingerprint density at radius 1 is 1.41 bits per heavy atom. The number of halogens is 2. The summed E-state index contributed by atoms with van der Waals surface area (Å²) in [6.45, 7) is 0.237. The van der Waals surface area contributed by atoms with Crippen molar-refractivity contribution in [2.75, 3.05) is 6.61 Å². The van der Waals surface area contributed by atoms with Crippen molar-refractivity contribution >= 4 is 23.6 Å². The van der Waals surface area contributed by atoms with Crippen molar-refractivity contribution in [3.63, 3.8) is 0 Å². The number of ether oxygens (including phenoxy) is 1.